The van der Waals surface area contributed by atoms with E-state index in [1.165, 1.54) is 6.92 Å². The summed E-state index contributed by atoms with van der Waals surface area (Å²) >= 11 is 0. The van der Waals surface area contributed by atoms with Gasteiger partial charge in [0.15, 0.2) is 0 Å². The number of aryl methyl sites for hydroxylation is 1. The van der Waals surface area contributed by atoms with Gasteiger partial charge in [-0.1, -0.05) is 29.8 Å². The van der Waals surface area contributed by atoms with Crippen molar-refractivity contribution in [1.82, 2.24) is 10.6 Å². The maximum atomic E-state index is 12.0. The molecule has 0 aromatic heterocycles. The smallest absolute Gasteiger partial charge is 0.229 e. The van der Waals surface area contributed by atoms with Crippen LogP contribution < -0.4 is 10.6 Å². The number of hydrogen-bond acceptors (Lipinski definition) is 2. The second-order valence-corrected chi connectivity index (χ2v) is 4.29. The number of carbonyl (C=O) groups excluding carboxylic acids is 2. The van der Waals surface area contributed by atoms with Gasteiger partial charge in [0.05, 0.1) is 5.92 Å². The number of likely N-dealkylation sites (N-methyl/N-ethyl adjacent to an activating group) is 1. The number of carbonyl (C=O) groups is 2. The number of amides is 2. The molecule has 1 aromatic rings. The molecule has 18 heavy (non-hydrogen) atoms. The van der Waals surface area contributed by atoms with E-state index < -0.39 is 0 Å². The van der Waals surface area contributed by atoms with Gasteiger partial charge in [-0.25, -0.2) is 0 Å². The van der Waals surface area contributed by atoms with Gasteiger partial charge in [0, 0.05) is 20.0 Å². The summed E-state index contributed by atoms with van der Waals surface area (Å²) in [5, 5.41) is 5.49. The van der Waals surface area contributed by atoms with E-state index in [2.05, 4.69) is 10.6 Å². The highest BCUT2D eigenvalue weighted by Gasteiger charge is 2.20. The molecule has 98 valence electrons. The molecule has 1 unspecified atom stereocenters. The van der Waals surface area contributed by atoms with Crippen molar-refractivity contribution in [3.05, 3.63) is 35.4 Å². The zero-order valence-electron chi connectivity index (χ0n) is 11.1. The van der Waals surface area contributed by atoms with E-state index in [9.17, 15) is 9.59 Å². The van der Waals surface area contributed by atoms with Gasteiger partial charge in [-0.2, -0.15) is 0 Å². The van der Waals surface area contributed by atoms with Crippen LogP contribution in [0.15, 0.2) is 24.3 Å². The fourth-order valence-electron chi connectivity index (χ4n) is 1.70. The van der Waals surface area contributed by atoms with Gasteiger partial charge in [-0.05, 0) is 19.4 Å². The molecule has 1 aromatic carbocycles. The molecule has 2 N–H and O–H groups in total. The quantitative estimate of drug-likeness (QED) is 0.826. The zero-order chi connectivity index (χ0) is 13.5. The molecule has 0 saturated carbocycles. The summed E-state index contributed by atoms with van der Waals surface area (Å²) in [6.45, 7) is 6.23. The standard InChI is InChI=1S/C14H20N2O2/c1-4-15-14(18)13(9-16-11(3)17)12-7-5-10(2)6-8-12/h5-8,13H,4,9H2,1-3H3,(H,15,18)(H,16,17). The van der Waals surface area contributed by atoms with Crippen molar-refractivity contribution in [3.63, 3.8) is 0 Å². The van der Waals surface area contributed by atoms with Gasteiger partial charge < -0.3 is 10.6 Å². The number of benzene rings is 1. The number of nitrogens with one attached hydrogen (secondary N) is 2. The van der Waals surface area contributed by atoms with Gasteiger partial charge in [-0.15, -0.1) is 0 Å². The summed E-state index contributed by atoms with van der Waals surface area (Å²) in [5.41, 5.74) is 2.06. The molecular weight excluding hydrogens is 228 g/mol. The molecule has 0 aliphatic heterocycles. The van der Waals surface area contributed by atoms with Gasteiger partial charge in [0.1, 0.15) is 0 Å². The Morgan fingerprint density at radius 1 is 1.17 bits per heavy atom. The van der Waals surface area contributed by atoms with Crippen LogP contribution in [0.2, 0.25) is 0 Å². The predicted octanol–water partition coefficient (Wildman–Crippen LogP) is 1.35. The van der Waals surface area contributed by atoms with Gasteiger partial charge >= 0.3 is 0 Å². The predicted molar refractivity (Wildman–Crippen MR) is 71.3 cm³/mol. The third-order valence-electron chi connectivity index (χ3n) is 2.70. The fraction of sp³-hybridized carbons (Fsp3) is 0.429. The molecule has 0 spiro atoms. The minimum atomic E-state index is -0.338. The van der Waals surface area contributed by atoms with Crippen LogP contribution in [0.25, 0.3) is 0 Å². The largest absolute Gasteiger partial charge is 0.356 e. The topological polar surface area (TPSA) is 58.2 Å². The van der Waals surface area contributed by atoms with Crippen molar-refractivity contribution in [3.8, 4) is 0 Å². The molecule has 0 bridgehead atoms. The summed E-state index contributed by atoms with van der Waals surface area (Å²) in [4.78, 5) is 23.0. The molecule has 2 amide bonds. The zero-order valence-corrected chi connectivity index (χ0v) is 11.1. The third kappa shape index (κ3) is 4.20. The van der Waals surface area contributed by atoms with Crippen LogP contribution in [0, 0.1) is 6.92 Å². The first-order valence-corrected chi connectivity index (χ1v) is 6.13. The molecule has 1 rings (SSSR count). The summed E-state index contributed by atoms with van der Waals surface area (Å²) in [7, 11) is 0. The monoisotopic (exact) mass is 248 g/mol. The molecule has 0 fully saturated rings. The minimum Gasteiger partial charge on any atom is -0.356 e. The first kappa shape index (κ1) is 14.2. The van der Waals surface area contributed by atoms with E-state index in [1.807, 2.05) is 38.1 Å². The Morgan fingerprint density at radius 2 is 1.78 bits per heavy atom. The molecule has 0 heterocycles. The maximum absolute atomic E-state index is 12.0. The Balaban J connectivity index is 2.85. The lowest BCUT2D eigenvalue weighted by Crippen LogP contribution is -2.36. The lowest BCUT2D eigenvalue weighted by atomic mass is 9.97. The van der Waals surface area contributed by atoms with Crippen LogP contribution >= 0.6 is 0 Å². The summed E-state index contributed by atoms with van der Waals surface area (Å²) < 4.78 is 0. The van der Waals surface area contributed by atoms with E-state index in [-0.39, 0.29) is 17.7 Å². The van der Waals surface area contributed by atoms with Crippen molar-refractivity contribution < 1.29 is 9.59 Å². The SMILES string of the molecule is CCNC(=O)C(CNC(C)=O)c1ccc(C)cc1. The first-order chi connectivity index (χ1) is 8.54. The molecule has 4 nitrogen and oxygen atoms in total. The summed E-state index contributed by atoms with van der Waals surface area (Å²) in [6, 6.07) is 7.79. The van der Waals surface area contributed by atoms with E-state index in [4.69, 9.17) is 0 Å². The first-order valence-electron chi connectivity index (χ1n) is 6.13. The molecule has 0 aliphatic rings. The Morgan fingerprint density at radius 3 is 2.28 bits per heavy atom. The molecule has 0 radical (unpaired) electrons. The normalized spacial score (nSPS) is 11.7. The van der Waals surface area contributed by atoms with E-state index in [1.54, 1.807) is 0 Å². The van der Waals surface area contributed by atoms with Crippen LogP contribution in [0.1, 0.15) is 30.9 Å². The Bertz CT molecular complexity index is 412. The van der Waals surface area contributed by atoms with Crippen molar-refractivity contribution in [2.45, 2.75) is 26.7 Å². The molecule has 1 atom stereocenters. The Kier molecular flexibility index (Phi) is 5.36. The average molecular weight is 248 g/mol. The highest BCUT2D eigenvalue weighted by Crippen LogP contribution is 2.16. The lowest BCUT2D eigenvalue weighted by molar-refractivity contribution is -0.122. The molecular formula is C14H20N2O2. The minimum absolute atomic E-state index is 0.0601. The van der Waals surface area contributed by atoms with E-state index in [0.717, 1.165) is 11.1 Å². The van der Waals surface area contributed by atoms with Gasteiger partial charge in [0.25, 0.3) is 0 Å². The van der Waals surface area contributed by atoms with E-state index in [0.29, 0.717) is 13.1 Å². The van der Waals surface area contributed by atoms with Crippen molar-refractivity contribution in [2.24, 2.45) is 0 Å². The van der Waals surface area contributed by atoms with Crippen LogP contribution in [0.4, 0.5) is 0 Å². The maximum Gasteiger partial charge on any atom is 0.229 e. The number of rotatable bonds is 5. The Hall–Kier alpha value is -1.84. The molecule has 0 aliphatic carbocycles. The van der Waals surface area contributed by atoms with Crippen LogP contribution in [-0.2, 0) is 9.59 Å². The number of hydrogen-bond donors (Lipinski definition) is 2. The van der Waals surface area contributed by atoms with Crippen LogP contribution in [0.5, 0.6) is 0 Å². The average Bonchev–Trinajstić information content (AvgIpc) is 2.31. The van der Waals surface area contributed by atoms with Crippen LogP contribution in [0.3, 0.4) is 0 Å². The molecule has 4 heteroatoms. The summed E-state index contributed by atoms with van der Waals surface area (Å²) in [5.74, 6) is -0.527. The van der Waals surface area contributed by atoms with Gasteiger partial charge in [-0.3, -0.25) is 9.59 Å². The van der Waals surface area contributed by atoms with Crippen LogP contribution in [-0.4, -0.2) is 24.9 Å². The second kappa shape index (κ2) is 6.79. The second-order valence-electron chi connectivity index (χ2n) is 4.29. The fourth-order valence-corrected chi connectivity index (χ4v) is 1.70. The van der Waals surface area contributed by atoms with E-state index >= 15 is 0 Å². The molecule has 0 saturated heterocycles. The summed E-state index contributed by atoms with van der Waals surface area (Å²) in [6.07, 6.45) is 0. The van der Waals surface area contributed by atoms with Crippen molar-refractivity contribution in [2.75, 3.05) is 13.1 Å². The van der Waals surface area contributed by atoms with Crippen molar-refractivity contribution >= 4 is 11.8 Å². The highest BCUT2D eigenvalue weighted by atomic mass is 16.2. The third-order valence-corrected chi connectivity index (χ3v) is 2.70. The van der Waals surface area contributed by atoms with Crippen molar-refractivity contribution in [1.29, 1.82) is 0 Å². The Labute approximate surface area is 108 Å². The lowest BCUT2D eigenvalue weighted by Gasteiger charge is -2.17. The highest BCUT2D eigenvalue weighted by molar-refractivity contribution is 5.84. The van der Waals surface area contributed by atoms with Gasteiger partial charge in [0.2, 0.25) is 11.8 Å².